The van der Waals surface area contributed by atoms with Gasteiger partial charge >= 0.3 is 0 Å². The molecule has 17 heavy (non-hydrogen) atoms. The predicted molar refractivity (Wildman–Crippen MR) is 62.2 cm³/mol. The summed E-state index contributed by atoms with van der Waals surface area (Å²) in [4.78, 5) is 10.5. The lowest BCUT2D eigenvalue weighted by atomic mass is 10.2. The van der Waals surface area contributed by atoms with E-state index in [0.717, 1.165) is 5.39 Å². The van der Waals surface area contributed by atoms with E-state index in [-0.39, 0.29) is 5.69 Å². The Morgan fingerprint density at radius 1 is 1.24 bits per heavy atom. The van der Waals surface area contributed by atoms with Crippen molar-refractivity contribution in [3.8, 4) is 5.69 Å². The molecule has 0 radical (unpaired) electrons. The third-order valence-electron chi connectivity index (χ3n) is 2.61. The van der Waals surface area contributed by atoms with E-state index >= 15 is 0 Å². The van der Waals surface area contributed by atoms with Gasteiger partial charge in [-0.2, -0.15) is 0 Å². The van der Waals surface area contributed by atoms with Crippen LogP contribution < -0.4 is 0 Å². The van der Waals surface area contributed by atoms with Crippen LogP contribution in [0.5, 0.6) is 0 Å². The van der Waals surface area contributed by atoms with Gasteiger partial charge in [-0.3, -0.25) is 10.1 Å². The lowest BCUT2D eigenvalue weighted by molar-refractivity contribution is -0.384. The van der Waals surface area contributed by atoms with Crippen molar-refractivity contribution in [3.63, 3.8) is 0 Å². The molecule has 5 heteroatoms. The zero-order valence-corrected chi connectivity index (χ0v) is 8.74. The monoisotopic (exact) mass is 228 g/mol. The Kier molecular flexibility index (Phi) is 1.98. The molecule has 0 amide bonds. The first-order valence-corrected chi connectivity index (χ1v) is 5.05. The Bertz CT molecular complexity index is 683. The highest BCUT2D eigenvalue weighted by atomic mass is 16.6. The van der Waals surface area contributed by atoms with Crippen molar-refractivity contribution in [2.75, 3.05) is 0 Å². The van der Waals surface area contributed by atoms with Gasteiger partial charge in [0, 0.05) is 29.9 Å². The average Bonchev–Trinajstić information content (AvgIpc) is 2.98. The Balaban J connectivity index is 2.35. The molecule has 0 spiro atoms. The van der Waals surface area contributed by atoms with Crippen LogP contribution >= 0.6 is 0 Å². The van der Waals surface area contributed by atoms with Gasteiger partial charge in [-0.05, 0) is 18.2 Å². The van der Waals surface area contributed by atoms with Crippen molar-refractivity contribution in [3.05, 3.63) is 59.1 Å². The van der Waals surface area contributed by atoms with Gasteiger partial charge in [0.15, 0.2) is 5.58 Å². The minimum atomic E-state index is -0.403. The Hall–Kier alpha value is -2.56. The van der Waals surface area contributed by atoms with Crippen LogP contribution in [-0.4, -0.2) is 9.49 Å². The van der Waals surface area contributed by atoms with Crippen LogP contribution in [0.1, 0.15) is 0 Å². The highest BCUT2D eigenvalue weighted by molar-refractivity contribution is 5.87. The molecule has 2 aromatic heterocycles. The smallest absolute Gasteiger partial charge is 0.272 e. The molecule has 84 valence electrons. The quantitative estimate of drug-likeness (QED) is 0.500. The van der Waals surface area contributed by atoms with E-state index in [1.165, 1.54) is 18.4 Å². The van der Waals surface area contributed by atoms with Crippen molar-refractivity contribution >= 4 is 16.7 Å². The molecule has 0 unspecified atom stereocenters. The zero-order valence-electron chi connectivity index (χ0n) is 8.74. The fourth-order valence-electron chi connectivity index (χ4n) is 1.84. The molecule has 1 aromatic carbocycles. The van der Waals surface area contributed by atoms with Crippen molar-refractivity contribution in [1.82, 2.24) is 4.57 Å². The highest BCUT2D eigenvalue weighted by Crippen LogP contribution is 2.28. The summed E-state index contributed by atoms with van der Waals surface area (Å²) in [5, 5.41) is 11.6. The molecule has 0 bridgehead atoms. The number of nitrogens with zero attached hydrogens (tertiary/aromatic N) is 2. The SMILES string of the molecule is O=[N+]([O-])c1cc(-n2cccc2)c2occc2c1. The summed E-state index contributed by atoms with van der Waals surface area (Å²) in [5.41, 5.74) is 1.37. The van der Waals surface area contributed by atoms with Gasteiger partial charge < -0.3 is 8.98 Å². The summed E-state index contributed by atoms with van der Waals surface area (Å²) in [6.07, 6.45) is 5.17. The first-order chi connectivity index (χ1) is 8.25. The lowest BCUT2D eigenvalue weighted by Gasteiger charge is -2.03. The number of nitro benzene ring substituents is 1. The molecule has 0 aliphatic heterocycles. The van der Waals surface area contributed by atoms with E-state index in [4.69, 9.17) is 4.42 Å². The number of nitro groups is 1. The summed E-state index contributed by atoms with van der Waals surface area (Å²) in [6.45, 7) is 0. The predicted octanol–water partition coefficient (Wildman–Crippen LogP) is 3.13. The number of furan rings is 1. The zero-order chi connectivity index (χ0) is 11.8. The summed E-state index contributed by atoms with van der Waals surface area (Å²) < 4.78 is 7.15. The molecule has 3 aromatic rings. The normalized spacial score (nSPS) is 10.8. The number of fused-ring (bicyclic) bond motifs is 1. The van der Waals surface area contributed by atoms with Gasteiger partial charge in [0.2, 0.25) is 0 Å². The average molecular weight is 228 g/mol. The maximum absolute atomic E-state index is 10.9. The second-order valence-corrected chi connectivity index (χ2v) is 3.65. The molecule has 0 saturated carbocycles. The number of rotatable bonds is 2. The van der Waals surface area contributed by atoms with Crippen molar-refractivity contribution in [2.45, 2.75) is 0 Å². The third-order valence-corrected chi connectivity index (χ3v) is 2.61. The number of hydrogen-bond donors (Lipinski definition) is 0. The topological polar surface area (TPSA) is 61.2 Å². The Morgan fingerprint density at radius 3 is 2.71 bits per heavy atom. The van der Waals surface area contributed by atoms with E-state index in [0.29, 0.717) is 11.3 Å². The third kappa shape index (κ3) is 1.48. The van der Waals surface area contributed by atoms with Crippen LogP contribution in [0.15, 0.2) is 53.4 Å². The van der Waals surface area contributed by atoms with Crippen LogP contribution in [0, 0.1) is 10.1 Å². The molecule has 0 fully saturated rings. The minimum Gasteiger partial charge on any atom is -0.462 e. The van der Waals surface area contributed by atoms with Crippen molar-refractivity contribution in [2.24, 2.45) is 0 Å². The van der Waals surface area contributed by atoms with Crippen LogP contribution in [0.4, 0.5) is 5.69 Å². The van der Waals surface area contributed by atoms with Gasteiger partial charge in [0.1, 0.15) is 0 Å². The van der Waals surface area contributed by atoms with Crippen molar-refractivity contribution < 1.29 is 9.34 Å². The summed E-state index contributed by atoms with van der Waals surface area (Å²) in [5.74, 6) is 0. The molecule has 0 atom stereocenters. The molecule has 3 rings (SSSR count). The van der Waals surface area contributed by atoms with E-state index in [9.17, 15) is 10.1 Å². The second-order valence-electron chi connectivity index (χ2n) is 3.65. The van der Waals surface area contributed by atoms with E-state index in [1.54, 1.807) is 10.6 Å². The van der Waals surface area contributed by atoms with Crippen LogP contribution in [-0.2, 0) is 0 Å². The van der Waals surface area contributed by atoms with Gasteiger partial charge in [0.25, 0.3) is 5.69 Å². The Morgan fingerprint density at radius 2 is 2.00 bits per heavy atom. The molecular weight excluding hydrogens is 220 g/mol. The van der Waals surface area contributed by atoms with E-state index in [1.807, 2.05) is 24.5 Å². The fraction of sp³-hybridized carbons (Fsp3) is 0. The minimum absolute atomic E-state index is 0.0580. The van der Waals surface area contributed by atoms with Gasteiger partial charge in [-0.15, -0.1) is 0 Å². The maximum Gasteiger partial charge on any atom is 0.272 e. The molecule has 2 heterocycles. The molecule has 0 aliphatic rings. The molecule has 0 aliphatic carbocycles. The van der Waals surface area contributed by atoms with Crippen LogP contribution in [0.2, 0.25) is 0 Å². The first-order valence-electron chi connectivity index (χ1n) is 5.05. The lowest BCUT2D eigenvalue weighted by Crippen LogP contribution is -1.94. The maximum atomic E-state index is 10.9. The second kappa shape index (κ2) is 3.48. The molecule has 5 nitrogen and oxygen atoms in total. The summed E-state index contributed by atoms with van der Waals surface area (Å²) in [7, 11) is 0. The van der Waals surface area contributed by atoms with Gasteiger partial charge in [-0.25, -0.2) is 0 Å². The van der Waals surface area contributed by atoms with E-state index in [2.05, 4.69) is 0 Å². The standard InChI is InChI=1S/C12H8N2O3/c15-14(16)10-7-9-3-6-17-12(9)11(8-10)13-4-1-2-5-13/h1-8H. The molecule has 0 N–H and O–H groups in total. The fourth-order valence-corrected chi connectivity index (χ4v) is 1.84. The van der Waals surface area contributed by atoms with E-state index < -0.39 is 4.92 Å². The number of aromatic nitrogens is 1. The summed E-state index contributed by atoms with van der Waals surface area (Å²) >= 11 is 0. The molecule has 0 saturated heterocycles. The summed E-state index contributed by atoms with van der Waals surface area (Å²) in [6, 6.07) is 8.44. The largest absolute Gasteiger partial charge is 0.462 e. The van der Waals surface area contributed by atoms with Gasteiger partial charge in [-0.1, -0.05) is 0 Å². The van der Waals surface area contributed by atoms with Crippen LogP contribution in [0.3, 0.4) is 0 Å². The van der Waals surface area contributed by atoms with Crippen molar-refractivity contribution in [1.29, 1.82) is 0 Å². The van der Waals surface area contributed by atoms with Crippen LogP contribution in [0.25, 0.3) is 16.7 Å². The number of hydrogen-bond acceptors (Lipinski definition) is 3. The first kappa shape index (κ1) is 9.65. The molecular formula is C12H8N2O3. The van der Waals surface area contributed by atoms with Gasteiger partial charge in [0.05, 0.1) is 16.9 Å². The highest BCUT2D eigenvalue weighted by Gasteiger charge is 2.14. The number of non-ortho nitro benzene ring substituents is 1. The Labute approximate surface area is 96.0 Å². The number of benzene rings is 1.